The first kappa shape index (κ1) is 17.8. The first-order valence-electron chi connectivity index (χ1n) is 7.34. The molecule has 0 saturated carbocycles. The van der Waals surface area contributed by atoms with Crippen molar-refractivity contribution in [2.75, 3.05) is 13.1 Å². The lowest BCUT2D eigenvalue weighted by atomic mass is 9.77. The molecule has 1 N–H and O–H groups in total. The summed E-state index contributed by atoms with van der Waals surface area (Å²) in [5, 5.41) is 5.14. The zero-order valence-electron chi connectivity index (χ0n) is 13.3. The summed E-state index contributed by atoms with van der Waals surface area (Å²) in [4.78, 5) is 0. The van der Waals surface area contributed by atoms with E-state index >= 15 is 0 Å². The highest BCUT2D eigenvalue weighted by molar-refractivity contribution is 6.33. The Bertz CT molecular complexity index is 421. The molecule has 0 aromatic heterocycles. The average Bonchev–Trinajstić information content (AvgIpc) is 2.30. The van der Waals surface area contributed by atoms with Crippen LogP contribution >= 0.6 is 23.2 Å². The molecular weight excluding hydrogens is 289 g/mol. The normalized spacial score (nSPS) is 13.8. The van der Waals surface area contributed by atoms with E-state index in [4.69, 9.17) is 23.2 Å². The number of nitrogens with one attached hydrogen (secondary N) is 1. The van der Waals surface area contributed by atoms with Crippen molar-refractivity contribution in [3.05, 3.63) is 33.8 Å². The van der Waals surface area contributed by atoms with Gasteiger partial charge in [-0.1, -0.05) is 57.8 Å². The Kier molecular flexibility index (Phi) is 6.84. The molecule has 0 aliphatic heterocycles. The number of benzene rings is 1. The summed E-state index contributed by atoms with van der Waals surface area (Å²) in [5.74, 6) is 1.20. The third-order valence-electron chi connectivity index (χ3n) is 3.64. The Morgan fingerprint density at radius 2 is 1.75 bits per heavy atom. The Morgan fingerprint density at radius 1 is 1.10 bits per heavy atom. The van der Waals surface area contributed by atoms with Crippen LogP contribution in [0.25, 0.3) is 0 Å². The van der Waals surface area contributed by atoms with Crippen LogP contribution in [0, 0.1) is 17.3 Å². The molecule has 0 fully saturated rings. The monoisotopic (exact) mass is 315 g/mol. The van der Waals surface area contributed by atoms with Gasteiger partial charge in [0.1, 0.15) is 0 Å². The van der Waals surface area contributed by atoms with Gasteiger partial charge in [0.05, 0.1) is 0 Å². The van der Waals surface area contributed by atoms with Gasteiger partial charge in [0.15, 0.2) is 0 Å². The highest BCUT2D eigenvalue weighted by Crippen LogP contribution is 2.31. The summed E-state index contributed by atoms with van der Waals surface area (Å²) in [5.41, 5.74) is 1.38. The van der Waals surface area contributed by atoms with E-state index in [0.29, 0.717) is 11.8 Å². The Labute approximate surface area is 134 Å². The molecule has 1 nitrogen and oxygen atoms in total. The van der Waals surface area contributed by atoms with Crippen molar-refractivity contribution in [1.82, 2.24) is 5.32 Å². The second-order valence-electron chi connectivity index (χ2n) is 7.05. The number of rotatable bonds is 6. The molecular formula is C17H27Cl2N. The van der Waals surface area contributed by atoms with Gasteiger partial charge in [-0.2, -0.15) is 0 Å². The maximum Gasteiger partial charge on any atom is 0.0439 e. The van der Waals surface area contributed by atoms with Gasteiger partial charge >= 0.3 is 0 Å². The summed E-state index contributed by atoms with van der Waals surface area (Å²) in [6.07, 6.45) is 0.952. The summed E-state index contributed by atoms with van der Waals surface area (Å²) in [6, 6.07) is 5.72. The molecule has 0 radical (unpaired) electrons. The molecule has 1 aromatic rings. The predicted octanol–water partition coefficient (Wildman–Crippen LogP) is 5.44. The van der Waals surface area contributed by atoms with Gasteiger partial charge in [-0.3, -0.25) is 0 Å². The van der Waals surface area contributed by atoms with Crippen LogP contribution in [-0.2, 0) is 6.42 Å². The standard InChI is InChI=1S/C17H27Cl2N/c1-12(2)10-20-11-14(17(3,4)5)8-13-9-15(18)6-7-16(13)19/h6-7,9,12,14,20H,8,10-11H2,1-5H3. The topological polar surface area (TPSA) is 12.0 Å². The molecule has 1 atom stereocenters. The first-order chi connectivity index (χ1) is 9.20. The maximum absolute atomic E-state index is 6.30. The second kappa shape index (κ2) is 7.68. The maximum atomic E-state index is 6.30. The van der Waals surface area contributed by atoms with Gasteiger partial charge in [0.25, 0.3) is 0 Å². The molecule has 1 aromatic carbocycles. The van der Waals surface area contributed by atoms with Crippen LogP contribution in [0.3, 0.4) is 0 Å². The van der Waals surface area contributed by atoms with E-state index in [-0.39, 0.29) is 5.41 Å². The highest BCUT2D eigenvalue weighted by Gasteiger charge is 2.25. The van der Waals surface area contributed by atoms with E-state index in [1.807, 2.05) is 18.2 Å². The number of hydrogen-bond donors (Lipinski definition) is 1. The van der Waals surface area contributed by atoms with Crippen LogP contribution in [0.4, 0.5) is 0 Å². The van der Waals surface area contributed by atoms with Crippen LogP contribution in [0.2, 0.25) is 10.0 Å². The molecule has 1 rings (SSSR count). The summed E-state index contributed by atoms with van der Waals surface area (Å²) in [7, 11) is 0. The lowest BCUT2D eigenvalue weighted by Gasteiger charge is -2.32. The van der Waals surface area contributed by atoms with E-state index in [9.17, 15) is 0 Å². The minimum Gasteiger partial charge on any atom is -0.316 e. The molecule has 0 heterocycles. The lowest BCUT2D eigenvalue weighted by Crippen LogP contribution is -2.35. The van der Waals surface area contributed by atoms with E-state index < -0.39 is 0 Å². The minimum atomic E-state index is 0.232. The fraction of sp³-hybridized carbons (Fsp3) is 0.647. The van der Waals surface area contributed by atoms with Gasteiger partial charge in [-0.05, 0) is 60.5 Å². The summed E-state index contributed by atoms with van der Waals surface area (Å²) in [6.45, 7) is 13.4. The van der Waals surface area contributed by atoms with Gasteiger partial charge in [0.2, 0.25) is 0 Å². The third-order valence-corrected chi connectivity index (χ3v) is 4.25. The van der Waals surface area contributed by atoms with E-state index in [1.54, 1.807) is 0 Å². The zero-order chi connectivity index (χ0) is 15.3. The molecule has 3 heteroatoms. The Morgan fingerprint density at radius 3 is 2.30 bits per heavy atom. The molecule has 0 bridgehead atoms. The van der Waals surface area contributed by atoms with Crippen molar-refractivity contribution in [3.8, 4) is 0 Å². The lowest BCUT2D eigenvalue weighted by molar-refractivity contribution is 0.228. The van der Waals surface area contributed by atoms with Crippen molar-refractivity contribution in [1.29, 1.82) is 0 Å². The molecule has 0 aliphatic rings. The zero-order valence-corrected chi connectivity index (χ0v) is 14.8. The summed E-state index contributed by atoms with van der Waals surface area (Å²) >= 11 is 12.4. The summed E-state index contributed by atoms with van der Waals surface area (Å²) < 4.78 is 0. The third kappa shape index (κ3) is 6.03. The van der Waals surface area contributed by atoms with E-state index in [2.05, 4.69) is 39.9 Å². The molecule has 0 saturated heterocycles. The molecule has 0 aliphatic carbocycles. The van der Waals surface area contributed by atoms with Crippen LogP contribution in [-0.4, -0.2) is 13.1 Å². The molecule has 0 amide bonds. The quantitative estimate of drug-likeness (QED) is 0.736. The fourth-order valence-corrected chi connectivity index (χ4v) is 2.59. The fourth-order valence-electron chi connectivity index (χ4n) is 2.20. The minimum absolute atomic E-state index is 0.232. The van der Waals surface area contributed by atoms with Crippen LogP contribution < -0.4 is 5.32 Å². The molecule has 20 heavy (non-hydrogen) atoms. The largest absolute Gasteiger partial charge is 0.316 e. The van der Waals surface area contributed by atoms with Crippen LogP contribution in [0.15, 0.2) is 18.2 Å². The van der Waals surface area contributed by atoms with Gasteiger partial charge in [-0.15, -0.1) is 0 Å². The van der Waals surface area contributed by atoms with Crippen molar-refractivity contribution in [2.24, 2.45) is 17.3 Å². The Hall–Kier alpha value is -0.240. The molecule has 1 unspecified atom stereocenters. The average molecular weight is 316 g/mol. The number of halogens is 2. The Balaban J connectivity index is 2.76. The van der Waals surface area contributed by atoms with Crippen LogP contribution in [0.1, 0.15) is 40.2 Å². The van der Waals surface area contributed by atoms with Crippen molar-refractivity contribution in [2.45, 2.75) is 41.0 Å². The SMILES string of the molecule is CC(C)CNCC(Cc1cc(Cl)ccc1Cl)C(C)(C)C. The molecule has 114 valence electrons. The molecule has 0 spiro atoms. The predicted molar refractivity (Wildman–Crippen MR) is 90.8 cm³/mol. The van der Waals surface area contributed by atoms with Gasteiger partial charge < -0.3 is 5.32 Å². The van der Waals surface area contributed by atoms with Crippen molar-refractivity contribution in [3.63, 3.8) is 0 Å². The van der Waals surface area contributed by atoms with E-state index in [1.165, 1.54) is 0 Å². The van der Waals surface area contributed by atoms with Crippen molar-refractivity contribution < 1.29 is 0 Å². The van der Waals surface area contributed by atoms with Crippen LogP contribution in [0.5, 0.6) is 0 Å². The second-order valence-corrected chi connectivity index (χ2v) is 7.90. The highest BCUT2D eigenvalue weighted by atomic mass is 35.5. The van der Waals surface area contributed by atoms with Gasteiger partial charge in [-0.25, -0.2) is 0 Å². The smallest absolute Gasteiger partial charge is 0.0439 e. The van der Waals surface area contributed by atoms with Gasteiger partial charge in [0, 0.05) is 10.0 Å². The van der Waals surface area contributed by atoms with E-state index in [0.717, 1.165) is 35.1 Å². The number of hydrogen-bond acceptors (Lipinski definition) is 1. The van der Waals surface area contributed by atoms with Crippen molar-refractivity contribution >= 4 is 23.2 Å². The first-order valence-corrected chi connectivity index (χ1v) is 8.10.